The summed E-state index contributed by atoms with van der Waals surface area (Å²) in [6.45, 7) is 2.70. The van der Waals surface area contributed by atoms with Crippen LogP contribution in [-0.4, -0.2) is 29.1 Å². The van der Waals surface area contributed by atoms with Crippen LogP contribution in [-0.2, 0) is 11.3 Å². The van der Waals surface area contributed by atoms with E-state index < -0.39 is 0 Å². The second-order valence-electron chi connectivity index (χ2n) is 2.44. The minimum absolute atomic E-state index is 0.0487. The van der Waals surface area contributed by atoms with Gasteiger partial charge in [-0.3, -0.25) is 4.79 Å². The fourth-order valence-corrected chi connectivity index (χ4v) is 0.926. The number of carbonyl (C=O) groups is 1. The van der Waals surface area contributed by atoms with Gasteiger partial charge in [0.25, 0.3) is 0 Å². The van der Waals surface area contributed by atoms with Crippen LogP contribution in [0.2, 0.25) is 0 Å². The number of hydrogen-bond donors (Lipinski definition) is 0. The van der Waals surface area contributed by atoms with Crippen LogP contribution in [0.5, 0.6) is 0 Å². The molecule has 65 valence electrons. The topological polar surface area (TPSA) is 44.1 Å². The van der Waals surface area contributed by atoms with E-state index >= 15 is 0 Å². The van der Waals surface area contributed by atoms with Gasteiger partial charge in [-0.15, -0.1) is 0 Å². The third kappa shape index (κ3) is 1.92. The molecule has 1 aromatic rings. The Morgan fingerprint density at radius 2 is 2.58 bits per heavy atom. The zero-order valence-electron chi connectivity index (χ0n) is 7.20. The predicted octanol–water partition coefficient (Wildman–Crippen LogP) is 0.532. The maximum absolute atomic E-state index is 10.9. The monoisotopic (exact) mass is 167 g/mol. The van der Waals surface area contributed by atoms with Crippen molar-refractivity contribution in [2.75, 3.05) is 13.7 Å². The van der Waals surface area contributed by atoms with Gasteiger partial charge in [0.15, 0.2) is 11.6 Å². The van der Waals surface area contributed by atoms with Gasteiger partial charge in [0.05, 0.1) is 6.61 Å². The zero-order valence-corrected chi connectivity index (χ0v) is 7.20. The van der Waals surface area contributed by atoms with Crippen molar-refractivity contribution in [3.05, 3.63) is 18.2 Å². The maximum atomic E-state index is 10.9. The lowest BCUT2D eigenvalue weighted by Gasteiger charge is -2.03. The summed E-state index contributed by atoms with van der Waals surface area (Å²) in [5.41, 5.74) is 0. The average molecular weight is 167 g/mol. The first-order valence-electron chi connectivity index (χ1n) is 3.68. The van der Waals surface area contributed by atoms with Crippen LogP contribution in [0.4, 0.5) is 0 Å². The van der Waals surface area contributed by atoms with Gasteiger partial charge in [0.2, 0.25) is 0 Å². The standard InChI is InChI=1S/C8H11N2O2/c1-7(11)8-9-3-4-10(8)5-6-12-2/h4H,5-6H2,1-2H3. The second kappa shape index (κ2) is 4.01. The largest absolute Gasteiger partial charge is 0.383 e. The van der Waals surface area contributed by atoms with E-state index in [0.717, 1.165) is 0 Å². The molecule has 0 amide bonds. The van der Waals surface area contributed by atoms with Gasteiger partial charge < -0.3 is 9.30 Å². The Balaban J connectivity index is 2.70. The number of hydrogen-bond acceptors (Lipinski definition) is 3. The molecule has 1 rings (SSSR count). The van der Waals surface area contributed by atoms with Crippen molar-refractivity contribution < 1.29 is 9.53 Å². The summed E-state index contributed by atoms with van der Waals surface area (Å²) >= 11 is 0. The molecule has 0 saturated carbocycles. The van der Waals surface area contributed by atoms with E-state index in [9.17, 15) is 4.79 Å². The molecule has 12 heavy (non-hydrogen) atoms. The Labute approximate surface area is 71.2 Å². The predicted molar refractivity (Wildman–Crippen MR) is 42.9 cm³/mol. The SMILES string of the molecule is COCCn1c[c]nc1C(C)=O. The Morgan fingerprint density at radius 3 is 3.17 bits per heavy atom. The molecular weight excluding hydrogens is 156 g/mol. The van der Waals surface area contributed by atoms with Crippen LogP contribution >= 0.6 is 0 Å². The lowest BCUT2D eigenvalue weighted by atomic mass is 10.4. The number of methoxy groups -OCH3 is 1. The summed E-state index contributed by atoms with van der Waals surface area (Å²) in [5.74, 6) is 0.388. The Morgan fingerprint density at radius 1 is 1.83 bits per heavy atom. The number of ether oxygens (including phenoxy) is 1. The quantitative estimate of drug-likeness (QED) is 0.614. The van der Waals surface area contributed by atoms with Crippen LogP contribution in [0, 0.1) is 6.20 Å². The van der Waals surface area contributed by atoms with E-state index in [1.165, 1.54) is 6.92 Å². The number of nitrogens with zero attached hydrogens (tertiary/aromatic N) is 2. The summed E-state index contributed by atoms with van der Waals surface area (Å²) in [4.78, 5) is 14.7. The molecule has 0 aromatic carbocycles. The smallest absolute Gasteiger partial charge is 0.195 e. The molecule has 0 aliphatic heterocycles. The molecule has 4 heteroatoms. The highest BCUT2D eigenvalue weighted by atomic mass is 16.5. The number of imidazole rings is 1. The summed E-state index contributed by atoms with van der Waals surface area (Å²) in [7, 11) is 1.62. The summed E-state index contributed by atoms with van der Waals surface area (Å²) in [6, 6.07) is 0. The molecule has 0 saturated heterocycles. The molecule has 0 N–H and O–H groups in total. The van der Waals surface area contributed by atoms with Crippen LogP contribution in [0.3, 0.4) is 0 Å². The lowest BCUT2D eigenvalue weighted by Crippen LogP contribution is -2.10. The zero-order chi connectivity index (χ0) is 8.97. The Bertz CT molecular complexity index is 268. The normalized spacial score (nSPS) is 10.2. The fourth-order valence-electron chi connectivity index (χ4n) is 0.926. The molecule has 4 nitrogen and oxygen atoms in total. The van der Waals surface area contributed by atoms with Gasteiger partial charge in [-0.25, -0.2) is 4.98 Å². The molecule has 0 aliphatic rings. The van der Waals surface area contributed by atoms with Crippen molar-refractivity contribution >= 4 is 5.78 Å². The molecule has 0 atom stereocenters. The highest BCUT2D eigenvalue weighted by Gasteiger charge is 2.06. The molecule has 1 aromatic heterocycles. The maximum Gasteiger partial charge on any atom is 0.195 e. The number of aromatic nitrogens is 2. The van der Waals surface area contributed by atoms with Gasteiger partial charge in [-0.05, 0) is 0 Å². The molecule has 0 unspecified atom stereocenters. The first-order valence-corrected chi connectivity index (χ1v) is 3.68. The molecule has 0 fully saturated rings. The van der Waals surface area contributed by atoms with Gasteiger partial charge in [-0.2, -0.15) is 0 Å². The first kappa shape index (κ1) is 8.93. The molecule has 1 heterocycles. The third-order valence-electron chi connectivity index (χ3n) is 1.51. The van der Waals surface area contributed by atoms with Gasteiger partial charge in [0, 0.05) is 26.8 Å². The fraction of sp³-hybridized carbons (Fsp3) is 0.500. The molecule has 0 bridgehead atoms. The van der Waals surface area contributed by atoms with Crippen molar-refractivity contribution in [3.63, 3.8) is 0 Å². The Hall–Kier alpha value is -1.16. The van der Waals surface area contributed by atoms with Crippen molar-refractivity contribution in [3.8, 4) is 0 Å². The summed E-state index contributed by atoms with van der Waals surface area (Å²) in [5, 5.41) is 0. The van der Waals surface area contributed by atoms with E-state index in [1.807, 2.05) is 0 Å². The number of ketones is 1. The van der Waals surface area contributed by atoms with E-state index in [0.29, 0.717) is 19.0 Å². The van der Waals surface area contributed by atoms with Gasteiger partial charge in [0.1, 0.15) is 6.20 Å². The second-order valence-corrected chi connectivity index (χ2v) is 2.44. The third-order valence-corrected chi connectivity index (χ3v) is 1.51. The highest BCUT2D eigenvalue weighted by Crippen LogP contribution is 1.97. The van der Waals surface area contributed by atoms with Crippen LogP contribution in [0.25, 0.3) is 0 Å². The minimum atomic E-state index is -0.0487. The molecular formula is C8H11N2O2. The van der Waals surface area contributed by atoms with Crippen molar-refractivity contribution in [2.45, 2.75) is 13.5 Å². The number of rotatable bonds is 4. The average Bonchev–Trinajstić information content (AvgIpc) is 2.48. The van der Waals surface area contributed by atoms with E-state index in [1.54, 1.807) is 17.9 Å². The molecule has 1 radical (unpaired) electrons. The van der Waals surface area contributed by atoms with Crippen LogP contribution in [0.1, 0.15) is 17.5 Å². The Kier molecular flexibility index (Phi) is 2.99. The lowest BCUT2D eigenvalue weighted by molar-refractivity contribution is 0.0996. The first-order chi connectivity index (χ1) is 5.75. The molecule has 0 aliphatic carbocycles. The number of carbonyl (C=O) groups excluding carboxylic acids is 1. The summed E-state index contributed by atoms with van der Waals surface area (Å²) in [6.07, 6.45) is 4.27. The summed E-state index contributed by atoms with van der Waals surface area (Å²) < 4.78 is 6.60. The van der Waals surface area contributed by atoms with E-state index in [4.69, 9.17) is 4.74 Å². The highest BCUT2D eigenvalue weighted by molar-refractivity contribution is 5.90. The molecule has 0 spiro atoms. The van der Waals surface area contributed by atoms with E-state index in [-0.39, 0.29) is 5.78 Å². The van der Waals surface area contributed by atoms with E-state index in [2.05, 4.69) is 11.2 Å². The van der Waals surface area contributed by atoms with Crippen molar-refractivity contribution in [1.82, 2.24) is 9.55 Å². The van der Waals surface area contributed by atoms with Crippen LogP contribution < -0.4 is 0 Å². The van der Waals surface area contributed by atoms with Gasteiger partial charge >= 0.3 is 0 Å². The van der Waals surface area contributed by atoms with Gasteiger partial charge in [-0.1, -0.05) is 0 Å². The van der Waals surface area contributed by atoms with Crippen molar-refractivity contribution in [2.24, 2.45) is 0 Å². The number of Topliss-reactive ketones (excluding diaryl/α,β-unsaturated/α-hetero) is 1. The van der Waals surface area contributed by atoms with Crippen LogP contribution in [0.15, 0.2) is 6.20 Å². The minimum Gasteiger partial charge on any atom is -0.383 e. The van der Waals surface area contributed by atoms with Crippen molar-refractivity contribution in [1.29, 1.82) is 0 Å².